The number of rotatable bonds is 43. The molecule has 0 bridgehead atoms. The van der Waals surface area contributed by atoms with Gasteiger partial charge >= 0.3 is 77.6 Å². The topological polar surface area (TPSA) is 351 Å². The summed E-state index contributed by atoms with van der Waals surface area (Å²) >= 11 is 42.2. The number of halogens is 13. The fourth-order valence-corrected chi connectivity index (χ4v) is 7.98. The highest BCUT2D eigenvalue weighted by Gasteiger charge is 2.47. The van der Waals surface area contributed by atoms with Gasteiger partial charge in [-0.25, -0.2) is 0 Å². The predicted molar refractivity (Wildman–Crippen MR) is 468 cm³/mol. The first-order chi connectivity index (χ1) is 49.4. The lowest BCUT2D eigenvalue weighted by atomic mass is 9.90. The van der Waals surface area contributed by atoms with Crippen LogP contribution in [0.4, 0.5) is 0 Å². The molecule has 0 aromatic rings. The Kier molecular flexibility index (Phi) is 47.4. The minimum atomic E-state index is -1.51. The summed E-state index contributed by atoms with van der Waals surface area (Å²) in [4.78, 5) is 163. The Morgan fingerprint density at radius 3 is 0.321 bits per heavy atom. The standard InChI is InChI=1S/C34H52Br6O13.C21H32Br4O8.C17H27Br3O6/c1-27(2,35)21(41)48-15-33(16-49-22(42)28(3,4)36,17-50-23(43)29(5,6)37)13-47-14-34(18-51-24(44)30(7,8)38,19-52-25(45)31(9,10)39)20-53-26(46)32(11,12)40;1-17(2,22)13(26)30-9-21(10-31-14(27)18(3,4)23,11-32-15(28)19(5,6)24)12-33-16(29)20(7,8)25;1-14(2,18)11(21)24-8-17(7,9-25-12(22)15(3,4)19)10-26-13(23)16(5,6)20/h13-20H2,1-12H3;9-12H2,1-8H3;8-10H2,1-7H3. The van der Waals surface area contributed by atoms with Crippen molar-refractivity contribution < 1.29 is 129 Å². The SMILES string of the molecule is CC(C)(Br)C(=O)OCC(COC(=O)C(C)(C)Br)(COC(=O)C(C)(C)Br)COC(=O)C(C)(C)Br.CC(C)(Br)C(=O)OCC(COCC(COC(=O)C(C)(C)Br)(COC(=O)C(C)(C)Br)COC(=O)C(C)(C)Br)(COC(=O)C(C)(C)Br)COC(=O)C(C)(C)Br.CC(COC(=O)C(C)(C)Br)(COC(=O)C(C)(C)Br)COC(=O)C(C)(C)Br. The molecule has 0 N–H and O–H groups in total. The van der Waals surface area contributed by atoms with Gasteiger partial charge in [0.2, 0.25) is 0 Å². The maximum absolute atomic E-state index is 12.9. The third kappa shape index (κ3) is 48.1. The van der Waals surface area contributed by atoms with Crippen molar-refractivity contribution in [2.75, 3.05) is 99.1 Å². The molecule has 0 heterocycles. The second kappa shape index (κ2) is 46.0. The summed E-state index contributed by atoms with van der Waals surface area (Å²) in [6.45, 7) is 38.2. The summed E-state index contributed by atoms with van der Waals surface area (Å²) in [6, 6.07) is 0. The van der Waals surface area contributed by atoms with Gasteiger partial charge in [0.05, 0.1) is 29.5 Å². The molecule has 652 valence electrons. The summed E-state index contributed by atoms with van der Waals surface area (Å²) in [7, 11) is 0. The molecule has 112 heavy (non-hydrogen) atoms. The van der Waals surface area contributed by atoms with E-state index in [-0.39, 0.29) is 46.2 Å². The first-order valence-corrected chi connectivity index (χ1v) is 44.5. The lowest BCUT2D eigenvalue weighted by molar-refractivity contribution is -0.179. The Morgan fingerprint density at radius 1 is 0.152 bits per heavy atom. The van der Waals surface area contributed by atoms with Crippen molar-refractivity contribution in [3.8, 4) is 0 Å². The highest BCUT2D eigenvalue weighted by molar-refractivity contribution is 9.12. The van der Waals surface area contributed by atoms with Crippen molar-refractivity contribution >= 4 is 285 Å². The Hall–Kier alpha value is -0.690. The lowest BCUT2D eigenvalue weighted by Crippen LogP contribution is -2.49. The Morgan fingerprint density at radius 2 is 0.232 bits per heavy atom. The van der Waals surface area contributed by atoms with Gasteiger partial charge in [-0.3, -0.25) is 62.3 Å². The van der Waals surface area contributed by atoms with Crippen LogP contribution >= 0.6 is 207 Å². The van der Waals surface area contributed by atoms with Crippen LogP contribution in [0.2, 0.25) is 0 Å². The molecule has 40 heteroatoms. The Balaban J connectivity index is -0.00000172. The maximum atomic E-state index is 12.9. The van der Waals surface area contributed by atoms with Gasteiger partial charge in [0.15, 0.2) is 0 Å². The molecule has 0 aromatic heterocycles. The summed E-state index contributed by atoms with van der Waals surface area (Å²) in [5.41, 5.74) is -5.28. The van der Waals surface area contributed by atoms with E-state index in [1.165, 1.54) is 0 Å². The molecule has 27 nitrogen and oxygen atoms in total. The molecular formula is C72H111Br13O27. The van der Waals surface area contributed by atoms with E-state index in [9.17, 15) is 62.3 Å². The van der Waals surface area contributed by atoms with Crippen molar-refractivity contribution in [1.29, 1.82) is 0 Å². The van der Waals surface area contributed by atoms with Crippen molar-refractivity contribution in [2.24, 2.45) is 21.7 Å². The van der Waals surface area contributed by atoms with E-state index in [1.54, 1.807) is 187 Å². The van der Waals surface area contributed by atoms with Crippen LogP contribution in [-0.2, 0) is 129 Å². The second-order valence-electron chi connectivity index (χ2n) is 33.4. The summed E-state index contributed by atoms with van der Waals surface area (Å²) < 4.78 is 64.6. The maximum Gasteiger partial charge on any atom is 0.322 e. The molecule has 0 unspecified atom stereocenters. The molecule has 0 amide bonds. The van der Waals surface area contributed by atoms with Gasteiger partial charge in [-0.05, 0) is 187 Å². The smallest absolute Gasteiger partial charge is 0.322 e. The first kappa shape index (κ1) is 115. The van der Waals surface area contributed by atoms with Gasteiger partial charge < -0.3 is 66.3 Å². The zero-order valence-electron chi connectivity index (χ0n) is 68.5. The van der Waals surface area contributed by atoms with Gasteiger partial charge in [-0.15, -0.1) is 0 Å². The van der Waals surface area contributed by atoms with E-state index in [0.29, 0.717) is 0 Å². The zero-order valence-corrected chi connectivity index (χ0v) is 89.2. The van der Waals surface area contributed by atoms with Crippen molar-refractivity contribution in [2.45, 2.75) is 243 Å². The van der Waals surface area contributed by atoms with Gasteiger partial charge in [0.1, 0.15) is 148 Å². The minimum absolute atomic E-state index is 0.0765. The van der Waals surface area contributed by atoms with Gasteiger partial charge in [-0.1, -0.05) is 207 Å². The van der Waals surface area contributed by atoms with Crippen molar-refractivity contribution in [3.63, 3.8) is 0 Å². The van der Waals surface area contributed by atoms with Crippen LogP contribution < -0.4 is 0 Å². The number of ether oxygens (including phenoxy) is 14. The molecule has 0 radical (unpaired) electrons. The molecule has 0 aliphatic rings. The third-order valence-corrected chi connectivity index (χ3v) is 18.1. The quantitative estimate of drug-likeness (QED) is 0.0311. The fraction of sp³-hybridized carbons (Fsp3) is 0.819. The molecule has 0 aliphatic carbocycles. The van der Waals surface area contributed by atoms with E-state index >= 15 is 0 Å². The van der Waals surface area contributed by atoms with E-state index in [0.717, 1.165) is 0 Å². The number of alkyl halides is 13. The first-order valence-electron chi connectivity index (χ1n) is 34.1. The van der Waals surface area contributed by atoms with E-state index in [2.05, 4.69) is 207 Å². The highest BCUT2D eigenvalue weighted by Crippen LogP contribution is 2.35. The van der Waals surface area contributed by atoms with Crippen LogP contribution in [0.1, 0.15) is 187 Å². The molecule has 0 atom stereocenters. The van der Waals surface area contributed by atoms with E-state index < -0.39 is 208 Å². The lowest BCUT2D eigenvalue weighted by Gasteiger charge is -2.37. The predicted octanol–water partition coefficient (Wildman–Crippen LogP) is 16.3. The molecule has 0 spiro atoms. The van der Waals surface area contributed by atoms with Gasteiger partial charge in [0.25, 0.3) is 0 Å². The number of hydrogen-bond donors (Lipinski definition) is 0. The monoisotopic (exact) mass is 2430 g/mol. The second-order valence-corrected chi connectivity index (χ2v) is 59.2. The summed E-state index contributed by atoms with van der Waals surface area (Å²) in [5, 5.41) is 0. The minimum Gasteiger partial charge on any atom is -0.464 e. The van der Waals surface area contributed by atoms with Crippen LogP contribution in [-0.4, -0.2) is 233 Å². The average Bonchev–Trinajstić information content (AvgIpc) is 0.825. The van der Waals surface area contributed by atoms with Gasteiger partial charge in [-0.2, -0.15) is 0 Å². The van der Waals surface area contributed by atoms with Crippen LogP contribution in [0.25, 0.3) is 0 Å². The Labute approximate surface area is 769 Å². The normalized spacial score (nSPS) is 13.3. The largest absolute Gasteiger partial charge is 0.464 e. The van der Waals surface area contributed by atoms with E-state index in [1.807, 2.05) is 0 Å². The molecular weight excluding hydrogens is 2340 g/mol. The van der Waals surface area contributed by atoms with Crippen LogP contribution in [0.15, 0.2) is 0 Å². The Bertz CT molecular complexity index is 2730. The highest BCUT2D eigenvalue weighted by atomic mass is 79.9. The zero-order chi connectivity index (χ0) is 89.5. The average molecular weight is 2450 g/mol. The van der Waals surface area contributed by atoms with Gasteiger partial charge in [0, 0.05) is 0 Å². The van der Waals surface area contributed by atoms with Crippen molar-refractivity contribution in [1.82, 2.24) is 0 Å². The molecule has 0 saturated heterocycles. The summed E-state index contributed by atoms with van der Waals surface area (Å²) in [5.74, 6) is -7.84. The molecule has 0 aromatic carbocycles. The number of esters is 13. The number of carbonyl (C=O) groups is 13. The third-order valence-electron chi connectivity index (χ3n) is 13.9. The molecule has 0 saturated carbocycles. The van der Waals surface area contributed by atoms with Crippen molar-refractivity contribution in [3.05, 3.63) is 0 Å². The van der Waals surface area contributed by atoms with Crippen LogP contribution in [0, 0.1) is 21.7 Å². The molecule has 0 aliphatic heterocycles. The molecule has 0 rings (SSSR count). The number of carbonyl (C=O) groups excluding carboxylic acids is 13. The van der Waals surface area contributed by atoms with E-state index in [4.69, 9.17) is 66.3 Å². The summed E-state index contributed by atoms with van der Waals surface area (Å²) in [6.07, 6.45) is 0. The van der Waals surface area contributed by atoms with Crippen LogP contribution in [0.3, 0.4) is 0 Å². The number of hydrogen-bond acceptors (Lipinski definition) is 27. The fourth-order valence-electron chi connectivity index (χ4n) is 6.50. The van der Waals surface area contributed by atoms with Crippen LogP contribution in [0.5, 0.6) is 0 Å². The molecule has 0 fully saturated rings.